The molecule has 0 spiro atoms. The van der Waals surface area contributed by atoms with Gasteiger partial charge in [-0.2, -0.15) is 0 Å². The van der Waals surface area contributed by atoms with Gasteiger partial charge in [-0.1, -0.05) is 48.5 Å². The van der Waals surface area contributed by atoms with E-state index in [4.69, 9.17) is 9.15 Å². The fourth-order valence-corrected chi connectivity index (χ4v) is 3.28. The Bertz CT molecular complexity index is 894. The van der Waals surface area contributed by atoms with Crippen molar-refractivity contribution in [2.24, 2.45) is 0 Å². The molecule has 1 heterocycles. The number of carbonyl (C=O) groups is 1. The van der Waals surface area contributed by atoms with Crippen LogP contribution in [-0.4, -0.2) is 5.97 Å². The number of furan rings is 1. The fourth-order valence-electron chi connectivity index (χ4n) is 2.96. The molecule has 4 rings (SSSR count). The van der Waals surface area contributed by atoms with E-state index in [0.717, 1.165) is 22.3 Å². The summed E-state index contributed by atoms with van der Waals surface area (Å²) in [5, 5.41) is 0. The number of carbonyl (C=O) groups excluding carboxylic acids is 1. The zero-order valence-corrected chi connectivity index (χ0v) is 14.2. The summed E-state index contributed by atoms with van der Waals surface area (Å²) in [6, 6.07) is 19.6. The summed E-state index contributed by atoms with van der Waals surface area (Å²) in [6.07, 6.45) is 2.60. The lowest BCUT2D eigenvalue weighted by atomic mass is 10.1. The maximum absolute atomic E-state index is 12.2. The van der Waals surface area contributed by atoms with Crippen LogP contribution in [-0.2, 0) is 9.53 Å². The van der Waals surface area contributed by atoms with Crippen LogP contribution in [0.2, 0.25) is 0 Å². The highest BCUT2D eigenvalue weighted by atomic mass is 79.9. The van der Waals surface area contributed by atoms with E-state index in [1.807, 2.05) is 36.4 Å². The predicted octanol–water partition coefficient (Wildman–Crippen LogP) is 5.37. The van der Waals surface area contributed by atoms with Gasteiger partial charge in [0.15, 0.2) is 10.8 Å². The van der Waals surface area contributed by atoms with E-state index in [1.54, 1.807) is 18.2 Å². The van der Waals surface area contributed by atoms with Gasteiger partial charge in [-0.05, 0) is 45.3 Å². The molecule has 0 aliphatic heterocycles. The second-order valence-corrected chi connectivity index (χ2v) is 6.25. The third-order valence-electron chi connectivity index (χ3n) is 3.99. The largest absolute Gasteiger partial charge is 0.450 e. The lowest BCUT2D eigenvalue weighted by Crippen LogP contribution is -2.08. The van der Waals surface area contributed by atoms with Gasteiger partial charge in [0.2, 0.25) is 0 Å². The Morgan fingerprint density at radius 1 is 0.958 bits per heavy atom. The highest BCUT2D eigenvalue weighted by Crippen LogP contribution is 2.45. The molecule has 118 valence electrons. The monoisotopic (exact) mass is 380 g/mol. The van der Waals surface area contributed by atoms with E-state index in [0.29, 0.717) is 10.4 Å². The summed E-state index contributed by atoms with van der Waals surface area (Å²) < 4.78 is 11.7. The van der Waals surface area contributed by atoms with Crippen LogP contribution in [0.4, 0.5) is 0 Å². The van der Waals surface area contributed by atoms with E-state index in [2.05, 4.69) is 28.1 Å². The van der Waals surface area contributed by atoms with Gasteiger partial charge >= 0.3 is 5.97 Å². The molecule has 2 aromatic carbocycles. The summed E-state index contributed by atoms with van der Waals surface area (Å²) in [5.41, 5.74) is 4.26. The molecule has 1 aromatic heterocycles. The van der Waals surface area contributed by atoms with E-state index in [-0.39, 0.29) is 6.10 Å². The third-order valence-corrected chi connectivity index (χ3v) is 4.41. The smallest absolute Gasteiger partial charge is 0.331 e. The summed E-state index contributed by atoms with van der Waals surface area (Å²) in [4.78, 5) is 12.2. The van der Waals surface area contributed by atoms with Crippen molar-refractivity contribution in [1.29, 1.82) is 0 Å². The predicted molar refractivity (Wildman–Crippen MR) is 95.3 cm³/mol. The van der Waals surface area contributed by atoms with Crippen molar-refractivity contribution in [3.05, 3.63) is 88.3 Å². The average molecular weight is 381 g/mol. The number of fused-ring (bicyclic) bond motifs is 3. The molecule has 1 aliphatic carbocycles. The Kier molecular flexibility index (Phi) is 3.82. The summed E-state index contributed by atoms with van der Waals surface area (Å²) in [6.45, 7) is 0. The minimum atomic E-state index is -0.404. The highest BCUT2D eigenvalue weighted by Gasteiger charge is 2.30. The Morgan fingerprint density at radius 2 is 1.58 bits per heavy atom. The van der Waals surface area contributed by atoms with E-state index >= 15 is 0 Å². The normalized spacial score (nSPS) is 13.0. The Morgan fingerprint density at radius 3 is 2.17 bits per heavy atom. The van der Waals surface area contributed by atoms with Crippen LogP contribution in [0.25, 0.3) is 17.2 Å². The molecular formula is C20H13BrO3. The van der Waals surface area contributed by atoms with Crippen molar-refractivity contribution in [1.82, 2.24) is 0 Å². The average Bonchev–Trinajstić information content (AvgIpc) is 3.16. The second-order valence-electron chi connectivity index (χ2n) is 5.47. The first kappa shape index (κ1) is 15.0. The standard InChI is InChI=1S/C20H13BrO3/c21-18-11-9-13(23-18)10-12-19(22)24-20-16-7-3-1-5-14(16)15-6-2-4-8-17(15)20/h1-12,20H/b12-10+. The van der Waals surface area contributed by atoms with E-state index < -0.39 is 5.97 Å². The Hall–Kier alpha value is -2.59. The zero-order chi connectivity index (χ0) is 16.5. The molecule has 0 saturated carbocycles. The molecule has 0 atom stereocenters. The van der Waals surface area contributed by atoms with Gasteiger partial charge in [-0.25, -0.2) is 4.79 Å². The van der Waals surface area contributed by atoms with Crippen LogP contribution in [0, 0.1) is 0 Å². The van der Waals surface area contributed by atoms with Crippen molar-refractivity contribution in [2.75, 3.05) is 0 Å². The number of halogens is 1. The quantitative estimate of drug-likeness (QED) is 0.452. The molecule has 0 fully saturated rings. The molecule has 0 amide bonds. The van der Waals surface area contributed by atoms with Crippen LogP contribution in [0.5, 0.6) is 0 Å². The Labute approximate surface area is 147 Å². The topological polar surface area (TPSA) is 39.4 Å². The molecule has 24 heavy (non-hydrogen) atoms. The van der Waals surface area contributed by atoms with E-state index in [9.17, 15) is 4.79 Å². The number of esters is 1. The van der Waals surface area contributed by atoms with Crippen LogP contribution >= 0.6 is 15.9 Å². The van der Waals surface area contributed by atoms with Crippen molar-refractivity contribution in [3.63, 3.8) is 0 Å². The van der Waals surface area contributed by atoms with Gasteiger partial charge in [-0.3, -0.25) is 0 Å². The lowest BCUT2D eigenvalue weighted by Gasteiger charge is -2.13. The van der Waals surface area contributed by atoms with Gasteiger partial charge in [0, 0.05) is 17.2 Å². The van der Waals surface area contributed by atoms with Gasteiger partial charge < -0.3 is 9.15 Å². The Balaban J connectivity index is 1.60. The zero-order valence-electron chi connectivity index (χ0n) is 12.6. The first-order valence-electron chi connectivity index (χ1n) is 7.54. The SMILES string of the molecule is O=C(/C=C/c1ccc(Br)o1)OC1c2ccccc2-c2ccccc21. The van der Waals surface area contributed by atoms with Crippen molar-refractivity contribution in [3.8, 4) is 11.1 Å². The molecule has 4 heteroatoms. The molecular weight excluding hydrogens is 368 g/mol. The molecule has 0 radical (unpaired) electrons. The fraction of sp³-hybridized carbons (Fsp3) is 0.0500. The maximum Gasteiger partial charge on any atom is 0.331 e. The summed E-state index contributed by atoms with van der Waals surface area (Å²) in [7, 11) is 0. The van der Waals surface area contributed by atoms with Crippen molar-refractivity contribution < 1.29 is 13.9 Å². The number of benzene rings is 2. The second kappa shape index (κ2) is 6.13. The molecule has 0 bridgehead atoms. The minimum Gasteiger partial charge on any atom is -0.450 e. The molecule has 0 unspecified atom stereocenters. The highest BCUT2D eigenvalue weighted by molar-refractivity contribution is 9.10. The maximum atomic E-state index is 12.2. The van der Waals surface area contributed by atoms with Crippen LogP contribution in [0.1, 0.15) is 23.0 Å². The number of ether oxygens (including phenoxy) is 1. The van der Waals surface area contributed by atoms with Crippen LogP contribution < -0.4 is 0 Å². The lowest BCUT2D eigenvalue weighted by molar-refractivity contribution is -0.141. The third kappa shape index (κ3) is 2.69. The molecule has 3 nitrogen and oxygen atoms in total. The molecule has 1 aliphatic rings. The number of hydrogen-bond donors (Lipinski definition) is 0. The minimum absolute atomic E-state index is 0.377. The van der Waals surface area contributed by atoms with Crippen LogP contribution in [0.3, 0.4) is 0 Å². The van der Waals surface area contributed by atoms with Gasteiger partial charge in [0.1, 0.15) is 5.76 Å². The molecule has 0 saturated heterocycles. The van der Waals surface area contributed by atoms with Crippen molar-refractivity contribution in [2.45, 2.75) is 6.10 Å². The number of hydrogen-bond acceptors (Lipinski definition) is 3. The first-order valence-corrected chi connectivity index (χ1v) is 8.34. The van der Waals surface area contributed by atoms with E-state index in [1.165, 1.54) is 6.08 Å². The molecule has 3 aromatic rings. The summed E-state index contributed by atoms with van der Waals surface area (Å²) in [5.74, 6) is 0.185. The van der Waals surface area contributed by atoms with Crippen molar-refractivity contribution >= 4 is 28.0 Å². The van der Waals surface area contributed by atoms with Crippen LogP contribution in [0.15, 0.2) is 75.8 Å². The molecule has 0 N–H and O–H groups in total. The number of rotatable bonds is 3. The van der Waals surface area contributed by atoms with Gasteiger partial charge in [0.25, 0.3) is 0 Å². The van der Waals surface area contributed by atoms with Gasteiger partial charge in [-0.15, -0.1) is 0 Å². The summed E-state index contributed by atoms with van der Waals surface area (Å²) >= 11 is 3.23. The first-order chi connectivity index (χ1) is 11.7. The van der Waals surface area contributed by atoms with Gasteiger partial charge in [0.05, 0.1) is 0 Å².